The van der Waals surface area contributed by atoms with Crippen LogP contribution >= 0.6 is 0 Å². The third-order valence-electron chi connectivity index (χ3n) is 1.12. The second-order valence-corrected chi connectivity index (χ2v) is 2.20. The summed E-state index contributed by atoms with van der Waals surface area (Å²) in [6.45, 7) is 0. The van der Waals surface area contributed by atoms with Crippen LogP contribution in [-0.4, -0.2) is 30.6 Å². The zero-order valence-electron chi connectivity index (χ0n) is 5.65. The Labute approximate surface area is 61.9 Å². The maximum atomic E-state index is 8.98. The average Bonchev–Trinajstić information content (AvgIpc) is 2.11. The normalized spacial score (nSPS) is 11.8. The van der Waals surface area contributed by atoms with Crippen LogP contribution in [0, 0.1) is 0 Å². The fourth-order valence-electron chi connectivity index (χ4n) is 0.629. The molecule has 0 bridgehead atoms. The molecule has 3 nitrogen and oxygen atoms in total. The Balaban J connectivity index is 2.96. The Kier molecular flexibility index (Phi) is 1.60. The van der Waals surface area contributed by atoms with Crippen LogP contribution in [-0.2, 0) is 12.4 Å². The molecule has 0 unspecified atom stereocenters. The zero-order chi connectivity index (χ0) is 7.78. The average molecular weight is 132 g/mol. The van der Waals surface area contributed by atoms with Gasteiger partial charge < -0.3 is 5.11 Å². The van der Waals surface area contributed by atoms with Crippen LogP contribution in [0.5, 0.6) is 0 Å². The van der Waals surface area contributed by atoms with E-state index in [-0.39, 0.29) is 5.69 Å². The van der Waals surface area contributed by atoms with Gasteiger partial charge in [0.1, 0.15) is 15.7 Å². The van der Waals surface area contributed by atoms with Gasteiger partial charge in [-0.3, -0.25) is 4.68 Å². The Morgan fingerprint density at radius 1 is 1.70 bits per heavy atom. The van der Waals surface area contributed by atoms with Gasteiger partial charge in [0.25, 0.3) is 0 Å². The molecule has 4 radical (unpaired) electrons. The van der Waals surface area contributed by atoms with Gasteiger partial charge in [0.15, 0.2) is 0 Å². The molecule has 0 aliphatic carbocycles. The Bertz CT molecular complexity index is 228. The molecule has 10 heavy (non-hydrogen) atoms. The molecule has 0 saturated heterocycles. The molecular weight excluding hydrogens is 126 g/mol. The predicted molar refractivity (Wildman–Crippen MR) is 38.6 cm³/mol. The summed E-state index contributed by atoms with van der Waals surface area (Å²) in [4.78, 5) is 0. The van der Waals surface area contributed by atoms with E-state index in [4.69, 9.17) is 20.8 Å². The minimum absolute atomic E-state index is 0.259. The molecule has 0 atom stereocenters. The highest BCUT2D eigenvalue weighted by Gasteiger charge is 2.16. The summed E-state index contributed by atoms with van der Waals surface area (Å²) >= 11 is 0. The van der Waals surface area contributed by atoms with Gasteiger partial charge in [-0.05, 0) is 6.07 Å². The predicted octanol–water partition coefficient (Wildman–Crippen LogP) is -1.14. The lowest BCUT2D eigenvalue weighted by atomic mass is 9.63. The minimum atomic E-state index is -1.82. The van der Waals surface area contributed by atoms with Crippen molar-refractivity contribution < 1.29 is 5.11 Å². The molecule has 1 aromatic heterocycles. The highest BCUT2D eigenvalue weighted by Crippen LogP contribution is 2.08. The molecule has 48 valence electrons. The van der Waals surface area contributed by atoms with Crippen molar-refractivity contribution in [3.05, 3.63) is 18.0 Å². The number of aryl methyl sites for hydroxylation is 1. The second kappa shape index (κ2) is 2.16. The summed E-state index contributed by atoms with van der Waals surface area (Å²) in [5.41, 5.74) is 0.259. The topological polar surface area (TPSA) is 38.0 Å². The largest absolute Gasteiger partial charge is 0.403 e. The van der Waals surface area contributed by atoms with E-state index in [0.717, 1.165) is 0 Å². The third kappa shape index (κ3) is 1.42. The first-order chi connectivity index (χ1) is 4.50. The van der Waals surface area contributed by atoms with Crippen molar-refractivity contribution in [1.29, 1.82) is 0 Å². The maximum absolute atomic E-state index is 8.98. The van der Waals surface area contributed by atoms with Crippen LogP contribution in [0.1, 0.15) is 5.69 Å². The lowest BCUT2D eigenvalue weighted by molar-refractivity contribution is 0.211. The van der Waals surface area contributed by atoms with Crippen LogP contribution in [0.4, 0.5) is 0 Å². The molecule has 0 amide bonds. The lowest BCUT2D eigenvalue weighted by Crippen LogP contribution is -2.26. The van der Waals surface area contributed by atoms with Crippen molar-refractivity contribution in [2.45, 2.75) is 5.40 Å². The van der Waals surface area contributed by atoms with E-state index < -0.39 is 5.40 Å². The number of hydrogen-bond acceptors (Lipinski definition) is 2. The lowest BCUT2D eigenvalue weighted by Gasteiger charge is -2.13. The standard InChI is InChI=1S/C5H6B2N2O/c1-9-3-2-4(8-9)5(6,7)10/h2-3,10H,1H3. The second-order valence-electron chi connectivity index (χ2n) is 2.20. The van der Waals surface area contributed by atoms with Crippen molar-refractivity contribution in [1.82, 2.24) is 9.78 Å². The quantitative estimate of drug-likeness (QED) is 0.490. The van der Waals surface area contributed by atoms with Crippen molar-refractivity contribution >= 4 is 15.7 Å². The number of aliphatic hydroxyl groups is 1. The molecule has 0 aliphatic heterocycles. The SMILES string of the molecule is [B]C([B])(O)c1ccn(C)n1. The first kappa shape index (κ1) is 7.41. The molecule has 0 aromatic carbocycles. The Hall–Kier alpha value is -0.700. The third-order valence-corrected chi connectivity index (χ3v) is 1.12. The molecule has 1 aromatic rings. The van der Waals surface area contributed by atoms with Gasteiger partial charge in [0.05, 0.1) is 5.69 Å². The molecule has 1 heterocycles. The van der Waals surface area contributed by atoms with E-state index in [1.165, 1.54) is 4.68 Å². The van der Waals surface area contributed by atoms with E-state index >= 15 is 0 Å². The van der Waals surface area contributed by atoms with Crippen molar-refractivity contribution in [2.24, 2.45) is 7.05 Å². The fourth-order valence-corrected chi connectivity index (χ4v) is 0.629. The number of rotatable bonds is 1. The Morgan fingerprint density at radius 2 is 2.30 bits per heavy atom. The van der Waals surface area contributed by atoms with Crippen LogP contribution in [0.3, 0.4) is 0 Å². The Morgan fingerprint density at radius 3 is 2.50 bits per heavy atom. The van der Waals surface area contributed by atoms with Gasteiger partial charge in [0, 0.05) is 18.6 Å². The van der Waals surface area contributed by atoms with Gasteiger partial charge in [-0.2, -0.15) is 5.10 Å². The minimum Gasteiger partial charge on any atom is -0.403 e. The molecule has 0 spiro atoms. The van der Waals surface area contributed by atoms with Crippen molar-refractivity contribution in [2.75, 3.05) is 0 Å². The van der Waals surface area contributed by atoms with Crippen molar-refractivity contribution in [3.8, 4) is 0 Å². The van der Waals surface area contributed by atoms with Gasteiger partial charge in [-0.15, -0.1) is 0 Å². The molecule has 0 fully saturated rings. The monoisotopic (exact) mass is 132 g/mol. The van der Waals surface area contributed by atoms with Crippen LogP contribution < -0.4 is 0 Å². The first-order valence-electron chi connectivity index (χ1n) is 2.80. The van der Waals surface area contributed by atoms with Crippen LogP contribution in [0.25, 0.3) is 0 Å². The summed E-state index contributed by atoms with van der Waals surface area (Å²) in [6.07, 6.45) is 1.65. The molecule has 1 rings (SSSR count). The van der Waals surface area contributed by atoms with E-state index in [1.807, 2.05) is 0 Å². The fraction of sp³-hybridized carbons (Fsp3) is 0.400. The molecule has 0 aliphatic rings. The highest BCUT2D eigenvalue weighted by molar-refractivity contribution is 6.38. The maximum Gasteiger partial charge on any atom is 0.108 e. The first-order valence-corrected chi connectivity index (χ1v) is 2.80. The number of hydrogen-bond donors (Lipinski definition) is 1. The van der Waals surface area contributed by atoms with E-state index in [9.17, 15) is 0 Å². The molecule has 0 saturated carbocycles. The van der Waals surface area contributed by atoms with Crippen LogP contribution in [0.15, 0.2) is 12.3 Å². The number of nitrogens with zero attached hydrogens (tertiary/aromatic N) is 2. The van der Waals surface area contributed by atoms with Gasteiger partial charge in [-0.25, -0.2) is 0 Å². The van der Waals surface area contributed by atoms with Crippen LogP contribution in [0.2, 0.25) is 0 Å². The van der Waals surface area contributed by atoms with Gasteiger partial charge in [-0.1, -0.05) is 0 Å². The zero-order valence-corrected chi connectivity index (χ0v) is 5.65. The van der Waals surface area contributed by atoms with Gasteiger partial charge in [0.2, 0.25) is 0 Å². The molecular formula is C5H6B2N2O. The van der Waals surface area contributed by atoms with Crippen molar-refractivity contribution in [3.63, 3.8) is 0 Å². The summed E-state index contributed by atoms with van der Waals surface area (Å²) in [7, 11) is 12.0. The summed E-state index contributed by atoms with van der Waals surface area (Å²) in [6, 6.07) is 1.56. The number of aromatic nitrogens is 2. The smallest absolute Gasteiger partial charge is 0.108 e. The van der Waals surface area contributed by atoms with E-state index in [2.05, 4.69) is 5.10 Å². The summed E-state index contributed by atoms with van der Waals surface area (Å²) < 4.78 is 1.51. The molecule has 5 heteroatoms. The summed E-state index contributed by atoms with van der Waals surface area (Å²) in [5.74, 6) is 0. The van der Waals surface area contributed by atoms with E-state index in [0.29, 0.717) is 0 Å². The molecule has 1 N–H and O–H groups in total. The summed E-state index contributed by atoms with van der Waals surface area (Å²) in [5, 5.41) is 11.0. The van der Waals surface area contributed by atoms with E-state index in [1.54, 1.807) is 19.3 Å². The van der Waals surface area contributed by atoms with Gasteiger partial charge >= 0.3 is 0 Å². The highest BCUT2D eigenvalue weighted by atomic mass is 16.3.